The number of halogens is 2. The second-order valence-corrected chi connectivity index (χ2v) is 6.09. The van der Waals surface area contributed by atoms with Gasteiger partial charge in [-0.3, -0.25) is 0 Å². The average molecular weight is 403 g/mol. The summed E-state index contributed by atoms with van der Waals surface area (Å²) in [7, 11) is 0. The molecule has 0 aromatic heterocycles. The second-order valence-electron chi connectivity index (χ2n) is 6.09. The zero-order chi connectivity index (χ0) is 14.1. The van der Waals surface area contributed by atoms with Gasteiger partial charge in [-0.25, -0.2) is 9.38 Å². The van der Waals surface area contributed by atoms with Crippen LogP contribution < -0.4 is 5.73 Å². The highest BCUT2D eigenvalue weighted by Gasteiger charge is 2.40. The van der Waals surface area contributed by atoms with Crippen LogP contribution in [0.15, 0.2) is 29.3 Å². The van der Waals surface area contributed by atoms with Crippen molar-refractivity contribution in [3.63, 3.8) is 0 Å². The van der Waals surface area contributed by atoms with Gasteiger partial charge in [-0.05, 0) is 36.8 Å². The van der Waals surface area contributed by atoms with Crippen LogP contribution in [0.1, 0.15) is 37.7 Å². The van der Waals surface area contributed by atoms with Crippen molar-refractivity contribution in [3.05, 3.63) is 35.6 Å². The van der Waals surface area contributed by atoms with Crippen molar-refractivity contribution >= 4 is 29.9 Å². The van der Waals surface area contributed by atoms with Crippen LogP contribution in [0.3, 0.4) is 0 Å². The number of guanidine groups is 1. The molecule has 1 aliphatic carbocycles. The highest BCUT2D eigenvalue weighted by molar-refractivity contribution is 14.0. The van der Waals surface area contributed by atoms with E-state index in [1.807, 2.05) is 12.1 Å². The number of aliphatic imine (C=N–C) groups is 1. The zero-order valence-corrected chi connectivity index (χ0v) is 14.7. The van der Waals surface area contributed by atoms with Gasteiger partial charge in [0.2, 0.25) is 0 Å². The summed E-state index contributed by atoms with van der Waals surface area (Å²) >= 11 is 0. The number of nitrogens with two attached hydrogens (primary N) is 1. The summed E-state index contributed by atoms with van der Waals surface area (Å²) in [6.07, 6.45) is 3.27. The van der Waals surface area contributed by atoms with Crippen molar-refractivity contribution in [3.8, 4) is 0 Å². The molecule has 1 aromatic rings. The van der Waals surface area contributed by atoms with E-state index >= 15 is 0 Å². The molecule has 2 unspecified atom stereocenters. The van der Waals surface area contributed by atoms with Crippen LogP contribution in [0, 0.1) is 11.7 Å². The average Bonchev–Trinajstić information content (AvgIpc) is 3.19. The molecule has 116 valence electrons. The van der Waals surface area contributed by atoms with Crippen molar-refractivity contribution in [2.45, 2.75) is 38.1 Å². The Morgan fingerprint density at radius 1 is 1.29 bits per heavy atom. The van der Waals surface area contributed by atoms with Gasteiger partial charge in [0, 0.05) is 19.0 Å². The van der Waals surface area contributed by atoms with Gasteiger partial charge in [-0.1, -0.05) is 25.1 Å². The molecule has 5 heteroatoms. The molecule has 1 heterocycles. The molecule has 0 radical (unpaired) electrons. The van der Waals surface area contributed by atoms with Gasteiger partial charge >= 0.3 is 0 Å². The molecule has 1 saturated carbocycles. The van der Waals surface area contributed by atoms with Crippen molar-refractivity contribution in [2.24, 2.45) is 16.6 Å². The fourth-order valence-electron chi connectivity index (χ4n) is 2.92. The topological polar surface area (TPSA) is 41.6 Å². The predicted octanol–water partition coefficient (Wildman–Crippen LogP) is 3.35. The first-order valence-electron chi connectivity index (χ1n) is 7.48. The minimum absolute atomic E-state index is 0. The standard InChI is InChI=1S/C16H22FN3.HI/c1-11-6-8-20(9-7-11)16(18)19-15-10-13(15)12-4-2-3-5-14(12)17;/h2-5,11,13,15H,6-10H2,1H3,(H2,18,19);1H. The highest BCUT2D eigenvalue weighted by Crippen LogP contribution is 2.44. The van der Waals surface area contributed by atoms with Crippen LogP contribution in [0.25, 0.3) is 0 Å². The first kappa shape index (κ1) is 16.5. The lowest BCUT2D eigenvalue weighted by Gasteiger charge is -2.31. The number of hydrogen-bond acceptors (Lipinski definition) is 1. The van der Waals surface area contributed by atoms with Crippen molar-refractivity contribution in [2.75, 3.05) is 13.1 Å². The number of nitrogens with zero attached hydrogens (tertiary/aromatic N) is 2. The molecule has 2 aliphatic rings. The molecule has 1 aliphatic heterocycles. The monoisotopic (exact) mass is 403 g/mol. The fourth-order valence-corrected chi connectivity index (χ4v) is 2.92. The molecule has 0 bridgehead atoms. The molecule has 2 fully saturated rings. The van der Waals surface area contributed by atoms with Gasteiger partial charge in [0.25, 0.3) is 0 Å². The van der Waals surface area contributed by atoms with E-state index in [1.54, 1.807) is 6.07 Å². The Hall–Kier alpha value is -0.850. The molecular formula is C16H23FIN3. The Bertz CT molecular complexity index is 512. The van der Waals surface area contributed by atoms with Crippen LogP contribution in [0.5, 0.6) is 0 Å². The molecule has 2 atom stereocenters. The van der Waals surface area contributed by atoms with Crippen LogP contribution in [0.4, 0.5) is 4.39 Å². The van der Waals surface area contributed by atoms with Gasteiger partial charge in [0.15, 0.2) is 5.96 Å². The van der Waals surface area contributed by atoms with E-state index in [0.29, 0.717) is 5.96 Å². The van der Waals surface area contributed by atoms with Gasteiger partial charge in [-0.2, -0.15) is 0 Å². The lowest BCUT2D eigenvalue weighted by molar-refractivity contribution is 0.277. The molecule has 21 heavy (non-hydrogen) atoms. The third-order valence-electron chi connectivity index (χ3n) is 4.47. The number of piperidine rings is 1. The molecule has 3 rings (SSSR count). The van der Waals surface area contributed by atoms with Crippen molar-refractivity contribution in [1.82, 2.24) is 4.90 Å². The van der Waals surface area contributed by atoms with E-state index in [-0.39, 0.29) is 41.8 Å². The molecule has 1 aromatic carbocycles. The van der Waals surface area contributed by atoms with Crippen molar-refractivity contribution < 1.29 is 4.39 Å². The Kier molecular flexibility index (Phi) is 5.46. The number of benzene rings is 1. The first-order chi connectivity index (χ1) is 9.65. The Balaban J connectivity index is 0.00000161. The summed E-state index contributed by atoms with van der Waals surface area (Å²) in [6, 6.07) is 7.14. The van der Waals surface area contributed by atoms with Crippen LogP contribution in [-0.4, -0.2) is 30.0 Å². The maximum absolute atomic E-state index is 13.7. The molecule has 1 saturated heterocycles. The minimum Gasteiger partial charge on any atom is -0.370 e. The van der Waals surface area contributed by atoms with Gasteiger partial charge in [0.05, 0.1) is 6.04 Å². The van der Waals surface area contributed by atoms with E-state index < -0.39 is 0 Å². The smallest absolute Gasteiger partial charge is 0.191 e. The third kappa shape index (κ3) is 3.87. The summed E-state index contributed by atoms with van der Waals surface area (Å²) < 4.78 is 13.7. The molecule has 0 spiro atoms. The number of rotatable bonds is 2. The van der Waals surface area contributed by atoms with Gasteiger partial charge in [0.1, 0.15) is 5.82 Å². The summed E-state index contributed by atoms with van der Waals surface area (Å²) in [5, 5.41) is 0. The predicted molar refractivity (Wildman–Crippen MR) is 94.6 cm³/mol. The third-order valence-corrected chi connectivity index (χ3v) is 4.47. The lowest BCUT2D eigenvalue weighted by atomic mass is 10.00. The SMILES string of the molecule is CC1CCN(C(N)=NC2CC2c2ccccc2F)CC1.I. The van der Waals surface area contributed by atoms with Gasteiger partial charge < -0.3 is 10.6 Å². The molecule has 0 amide bonds. The molecule has 2 N–H and O–H groups in total. The molecule has 3 nitrogen and oxygen atoms in total. The Labute approximate surface area is 142 Å². The summed E-state index contributed by atoms with van der Waals surface area (Å²) in [5.74, 6) is 1.51. The van der Waals surface area contributed by atoms with Crippen LogP contribution >= 0.6 is 24.0 Å². The van der Waals surface area contributed by atoms with E-state index in [9.17, 15) is 4.39 Å². The maximum Gasteiger partial charge on any atom is 0.191 e. The minimum atomic E-state index is -0.124. The maximum atomic E-state index is 13.7. The lowest BCUT2D eigenvalue weighted by Crippen LogP contribution is -2.42. The summed E-state index contributed by atoms with van der Waals surface area (Å²) in [4.78, 5) is 6.75. The largest absolute Gasteiger partial charge is 0.370 e. The first-order valence-corrected chi connectivity index (χ1v) is 7.48. The highest BCUT2D eigenvalue weighted by atomic mass is 127. The quantitative estimate of drug-likeness (QED) is 0.468. The normalized spacial score (nSPS) is 26.4. The van der Waals surface area contributed by atoms with Crippen LogP contribution in [0.2, 0.25) is 0 Å². The summed E-state index contributed by atoms with van der Waals surface area (Å²) in [5.41, 5.74) is 6.87. The molecular weight excluding hydrogens is 380 g/mol. The Morgan fingerprint density at radius 2 is 1.95 bits per heavy atom. The van der Waals surface area contributed by atoms with E-state index in [1.165, 1.54) is 18.9 Å². The number of likely N-dealkylation sites (tertiary alicyclic amines) is 1. The fraction of sp³-hybridized carbons (Fsp3) is 0.562. The second kappa shape index (κ2) is 6.94. The van der Waals surface area contributed by atoms with E-state index in [4.69, 9.17) is 5.73 Å². The van der Waals surface area contributed by atoms with E-state index in [2.05, 4.69) is 16.8 Å². The summed E-state index contributed by atoms with van der Waals surface area (Å²) in [6.45, 7) is 4.26. The van der Waals surface area contributed by atoms with Crippen LogP contribution in [-0.2, 0) is 0 Å². The Morgan fingerprint density at radius 3 is 2.62 bits per heavy atom. The van der Waals surface area contributed by atoms with Crippen molar-refractivity contribution in [1.29, 1.82) is 0 Å². The van der Waals surface area contributed by atoms with Gasteiger partial charge in [-0.15, -0.1) is 24.0 Å². The number of hydrogen-bond donors (Lipinski definition) is 1. The van der Waals surface area contributed by atoms with E-state index in [0.717, 1.165) is 31.0 Å². The zero-order valence-electron chi connectivity index (χ0n) is 12.3.